The van der Waals surface area contributed by atoms with E-state index in [1.165, 1.54) is 11.3 Å². The van der Waals surface area contributed by atoms with E-state index in [0.29, 0.717) is 22.3 Å². The number of carbonyl (C=O) groups is 1. The molecule has 3 aromatic rings. The van der Waals surface area contributed by atoms with Gasteiger partial charge in [-0.1, -0.05) is 41.1 Å². The summed E-state index contributed by atoms with van der Waals surface area (Å²) in [5, 5.41) is 1.38. The van der Waals surface area contributed by atoms with Gasteiger partial charge >= 0.3 is 0 Å². The van der Waals surface area contributed by atoms with Crippen molar-refractivity contribution >= 4 is 44.2 Å². The molecule has 4 nitrogen and oxygen atoms in total. The van der Waals surface area contributed by atoms with Crippen LogP contribution in [0.4, 0.5) is 5.13 Å². The Morgan fingerprint density at radius 1 is 1.31 bits per heavy atom. The molecule has 134 valence electrons. The Bertz CT molecular complexity index is 936. The molecule has 0 N–H and O–H groups in total. The van der Waals surface area contributed by atoms with Crippen LogP contribution in [0.1, 0.15) is 28.8 Å². The molecule has 1 unspecified atom stereocenters. The van der Waals surface area contributed by atoms with Gasteiger partial charge < -0.3 is 4.74 Å². The first-order valence-electron chi connectivity index (χ1n) is 8.67. The second-order valence-electron chi connectivity index (χ2n) is 6.43. The van der Waals surface area contributed by atoms with Gasteiger partial charge in [0.25, 0.3) is 5.91 Å². The van der Waals surface area contributed by atoms with Crippen molar-refractivity contribution in [3.63, 3.8) is 0 Å². The van der Waals surface area contributed by atoms with E-state index < -0.39 is 0 Å². The summed E-state index contributed by atoms with van der Waals surface area (Å²) in [5.74, 6) is -0.0519. The van der Waals surface area contributed by atoms with Gasteiger partial charge in [-0.25, -0.2) is 4.98 Å². The number of anilines is 1. The van der Waals surface area contributed by atoms with Crippen LogP contribution in [0.25, 0.3) is 10.2 Å². The molecule has 0 spiro atoms. The molecule has 4 rings (SSSR count). The summed E-state index contributed by atoms with van der Waals surface area (Å²) < 4.78 is 6.80. The van der Waals surface area contributed by atoms with Crippen molar-refractivity contribution < 1.29 is 9.53 Å². The molecular formula is C20H19ClN2O2S. The SMILES string of the molecule is Cc1c(Cl)ccc2sc(N(CC3CCCO3)C(=O)c3ccccc3)nc12. The first-order chi connectivity index (χ1) is 12.6. The highest BCUT2D eigenvalue weighted by Gasteiger charge is 2.27. The average Bonchev–Trinajstić information content (AvgIpc) is 3.33. The summed E-state index contributed by atoms with van der Waals surface area (Å²) in [5.41, 5.74) is 2.45. The third kappa shape index (κ3) is 3.34. The largest absolute Gasteiger partial charge is 0.376 e. The van der Waals surface area contributed by atoms with E-state index in [1.54, 1.807) is 4.90 Å². The minimum Gasteiger partial charge on any atom is -0.376 e. The topological polar surface area (TPSA) is 42.4 Å². The molecule has 1 amide bonds. The predicted molar refractivity (Wildman–Crippen MR) is 106 cm³/mol. The highest BCUT2D eigenvalue weighted by molar-refractivity contribution is 7.22. The third-order valence-electron chi connectivity index (χ3n) is 4.64. The zero-order chi connectivity index (χ0) is 18.1. The zero-order valence-corrected chi connectivity index (χ0v) is 16.0. The van der Waals surface area contributed by atoms with Crippen LogP contribution in [0, 0.1) is 6.92 Å². The molecule has 1 aliphatic heterocycles. The molecule has 26 heavy (non-hydrogen) atoms. The first kappa shape index (κ1) is 17.5. The van der Waals surface area contributed by atoms with Crippen LogP contribution >= 0.6 is 22.9 Å². The van der Waals surface area contributed by atoms with Gasteiger partial charge in [0.05, 0.1) is 22.9 Å². The highest BCUT2D eigenvalue weighted by atomic mass is 35.5. The van der Waals surface area contributed by atoms with Crippen LogP contribution in [0.2, 0.25) is 5.02 Å². The number of ether oxygens (including phenoxy) is 1. The number of thiazole rings is 1. The second kappa shape index (κ2) is 7.35. The summed E-state index contributed by atoms with van der Waals surface area (Å²) in [6, 6.07) is 13.2. The van der Waals surface area contributed by atoms with Gasteiger partial charge in [-0.2, -0.15) is 0 Å². The van der Waals surface area contributed by atoms with Crippen LogP contribution in [-0.2, 0) is 4.74 Å². The van der Waals surface area contributed by atoms with E-state index in [9.17, 15) is 4.79 Å². The summed E-state index contributed by atoms with van der Waals surface area (Å²) in [4.78, 5) is 19.7. The van der Waals surface area contributed by atoms with E-state index in [-0.39, 0.29) is 12.0 Å². The fourth-order valence-corrected chi connectivity index (χ4v) is 4.37. The molecule has 1 saturated heterocycles. The fourth-order valence-electron chi connectivity index (χ4n) is 3.18. The lowest BCUT2D eigenvalue weighted by Gasteiger charge is -2.23. The number of amides is 1. The minimum absolute atomic E-state index is 0.0519. The van der Waals surface area contributed by atoms with Crippen molar-refractivity contribution in [3.05, 3.63) is 58.6 Å². The van der Waals surface area contributed by atoms with Crippen molar-refractivity contribution in [1.82, 2.24) is 4.98 Å². The lowest BCUT2D eigenvalue weighted by Crippen LogP contribution is -2.37. The van der Waals surface area contributed by atoms with Gasteiger partial charge in [0.15, 0.2) is 5.13 Å². The smallest absolute Gasteiger partial charge is 0.260 e. The number of nitrogens with zero attached hydrogens (tertiary/aromatic N) is 2. The first-order valence-corrected chi connectivity index (χ1v) is 9.87. The maximum Gasteiger partial charge on any atom is 0.260 e. The number of fused-ring (bicyclic) bond motifs is 1. The van der Waals surface area contributed by atoms with E-state index >= 15 is 0 Å². The molecule has 0 saturated carbocycles. The van der Waals surface area contributed by atoms with Crippen molar-refractivity contribution in [2.24, 2.45) is 0 Å². The number of aromatic nitrogens is 1. The standard InChI is InChI=1S/C20H19ClN2O2S/c1-13-16(21)9-10-17-18(13)22-20(26-17)23(12-15-8-5-11-25-15)19(24)14-6-3-2-4-7-14/h2-4,6-7,9-10,15H,5,8,11-12H2,1H3. The number of carbonyl (C=O) groups excluding carboxylic acids is 1. The van der Waals surface area contributed by atoms with Crippen LogP contribution < -0.4 is 4.90 Å². The van der Waals surface area contributed by atoms with Gasteiger partial charge in [-0.05, 0) is 49.6 Å². The van der Waals surface area contributed by atoms with Crippen LogP contribution in [0.15, 0.2) is 42.5 Å². The Balaban J connectivity index is 1.74. The number of rotatable bonds is 4. The molecule has 2 heterocycles. The lowest BCUT2D eigenvalue weighted by atomic mass is 10.2. The number of benzene rings is 2. The number of aryl methyl sites for hydroxylation is 1. The van der Waals surface area contributed by atoms with Crippen molar-refractivity contribution in [2.45, 2.75) is 25.9 Å². The zero-order valence-electron chi connectivity index (χ0n) is 14.4. The number of hydrogen-bond donors (Lipinski definition) is 0. The number of hydrogen-bond acceptors (Lipinski definition) is 4. The molecule has 1 atom stereocenters. The maximum atomic E-state index is 13.2. The Labute approximate surface area is 161 Å². The Kier molecular flexibility index (Phi) is 4.94. The summed E-state index contributed by atoms with van der Waals surface area (Å²) >= 11 is 7.75. The molecule has 6 heteroatoms. The lowest BCUT2D eigenvalue weighted by molar-refractivity contribution is 0.0917. The summed E-state index contributed by atoms with van der Waals surface area (Å²) in [6.45, 7) is 3.23. The van der Waals surface area contributed by atoms with Crippen LogP contribution in [-0.4, -0.2) is 30.1 Å². The van der Waals surface area contributed by atoms with E-state index in [0.717, 1.165) is 35.2 Å². The Hall–Kier alpha value is -1.95. The molecular weight excluding hydrogens is 368 g/mol. The van der Waals surface area contributed by atoms with Gasteiger partial charge in [0.1, 0.15) is 0 Å². The van der Waals surface area contributed by atoms with Crippen LogP contribution in [0.5, 0.6) is 0 Å². The van der Waals surface area contributed by atoms with E-state index in [1.807, 2.05) is 49.4 Å². The van der Waals surface area contributed by atoms with Gasteiger partial charge in [-0.15, -0.1) is 0 Å². The van der Waals surface area contributed by atoms with Gasteiger partial charge in [-0.3, -0.25) is 9.69 Å². The number of halogens is 1. The Morgan fingerprint density at radius 2 is 2.12 bits per heavy atom. The third-order valence-corrected chi connectivity index (χ3v) is 6.10. The monoisotopic (exact) mass is 386 g/mol. The highest BCUT2D eigenvalue weighted by Crippen LogP contribution is 2.34. The normalized spacial score (nSPS) is 16.9. The van der Waals surface area contributed by atoms with Gasteiger partial charge in [0, 0.05) is 17.2 Å². The molecule has 1 aromatic heterocycles. The predicted octanol–water partition coefficient (Wildman–Crippen LogP) is 5.08. The van der Waals surface area contributed by atoms with Crippen LogP contribution in [0.3, 0.4) is 0 Å². The molecule has 0 radical (unpaired) electrons. The van der Waals surface area contributed by atoms with E-state index in [2.05, 4.69) is 0 Å². The van der Waals surface area contributed by atoms with Gasteiger partial charge in [0.2, 0.25) is 0 Å². The summed E-state index contributed by atoms with van der Waals surface area (Å²) in [6.07, 6.45) is 2.06. The van der Waals surface area contributed by atoms with Crippen molar-refractivity contribution in [3.8, 4) is 0 Å². The fraction of sp³-hybridized carbons (Fsp3) is 0.300. The Morgan fingerprint density at radius 3 is 2.85 bits per heavy atom. The second-order valence-corrected chi connectivity index (χ2v) is 7.85. The van der Waals surface area contributed by atoms with E-state index in [4.69, 9.17) is 21.3 Å². The van der Waals surface area contributed by atoms with Crippen molar-refractivity contribution in [2.75, 3.05) is 18.1 Å². The average molecular weight is 387 g/mol. The molecule has 1 aliphatic rings. The molecule has 0 aliphatic carbocycles. The summed E-state index contributed by atoms with van der Waals surface area (Å²) in [7, 11) is 0. The molecule has 0 bridgehead atoms. The molecule has 1 fully saturated rings. The molecule has 2 aromatic carbocycles. The van der Waals surface area contributed by atoms with Crippen molar-refractivity contribution in [1.29, 1.82) is 0 Å². The maximum absolute atomic E-state index is 13.2. The minimum atomic E-state index is -0.0519. The quantitative estimate of drug-likeness (QED) is 0.627.